The summed E-state index contributed by atoms with van der Waals surface area (Å²) >= 11 is 0. The van der Waals surface area contributed by atoms with Crippen molar-refractivity contribution in [2.45, 2.75) is 13.8 Å². The number of anilines is 1. The number of para-hydroxylation sites is 1. The topological polar surface area (TPSA) is 20.3 Å². The third-order valence-electron chi connectivity index (χ3n) is 4.21. The summed E-state index contributed by atoms with van der Waals surface area (Å²) in [6.07, 6.45) is 0. The molecule has 0 aliphatic carbocycles. The second-order valence-corrected chi connectivity index (χ2v) is 5.78. The highest BCUT2D eigenvalue weighted by Crippen LogP contribution is 2.23. The van der Waals surface area contributed by atoms with Crippen LogP contribution in [0, 0.1) is 6.92 Å². The number of carbonyl (C=O) groups excluding carboxylic acids is 1. The number of benzene rings is 3. The molecule has 0 atom stereocenters. The molecule has 2 heteroatoms. The maximum atomic E-state index is 12.9. The molecule has 3 rings (SSSR count). The predicted molar refractivity (Wildman–Crippen MR) is 100 cm³/mol. The molecule has 1 amide bonds. The minimum atomic E-state index is 0.0337. The van der Waals surface area contributed by atoms with Crippen LogP contribution in [0.2, 0.25) is 0 Å². The van der Waals surface area contributed by atoms with Gasteiger partial charge in [0.1, 0.15) is 0 Å². The molecule has 0 saturated heterocycles. The average molecular weight is 315 g/mol. The van der Waals surface area contributed by atoms with Gasteiger partial charge in [0.05, 0.1) is 0 Å². The minimum Gasteiger partial charge on any atom is -0.308 e. The maximum absolute atomic E-state index is 12.9. The second kappa shape index (κ2) is 7.14. The van der Waals surface area contributed by atoms with Gasteiger partial charge in [-0.05, 0) is 48.7 Å². The number of rotatable bonds is 4. The van der Waals surface area contributed by atoms with Crippen molar-refractivity contribution >= 4 is 11.6 Å². The Balaban J connectivity index is 1.88. The quantitative estimate of drug-likeness (QED) is 0.637. The van der Waals surface area contributed by atoms with Gasteiger partial charge in [-0.25, -0.2) is 0 Å². The van der Waals surface area contributed by atoms with E-state index in [4.69, 9.17) is 0 Å². The zero-order valence-electron chi connectivity index (χ0n) is 14.1. The number of aryl methyl sites for hydroxylation is 1. The van der Waals surface area contributed by atoms with E-state index < -0.39 is 0 Å². The predicted octanol–water partition coefficient (Wildman–Crippen LogP) is 5.33. The standard InChI is InChI=1S/C22H21NO/c1-3-23(21-12-8-7-9-17(21)2)22(24)20-15-13-19(14-16-20)18-10-5-4-6-11-18/h4-16H,3H2,1-2H3. The van der Waals surface area contributed by atoms with Crippen molar-refractivity contribution in [3.8, 4) is 11.1 Å². The third-order valence-corrected chi connectivity index (χ3v) is 4.21. The highest BCUT2D eigenvalue weighted by Gasteiger charge is 2.17. The van der Waals surface area contributed by atoms with Crippen LogP contribution in [0.4, 0.5) is 5.69 Å². The van der Waals surface area contributed by atoms with Gasteiger partial charge in [0.2, 0.25) is 0 Å². The number of nitrogens with zero attached hydrogens (tertiary/aromatic N) is 1. The molecule has 0 fully saturated rings. The molecule has 0 unspecified atom stereocenters. The monoisotopic (exact) mass is 315 g/mol. The first-order chi connectivity index (χ1) is 11.7. The number of hydrogen-bond acceptors (Lipinski definition) is 1. The van der Waals surface area contributed by atoms with E-state index in [1.165, 1.54) is 0 Å². The van der Waals surface area contributed by atoms with Crippen molar-refractivity contribution in [3.63, 3.8) is 0 Å². The summed E-state index contributed by atoms with van der Waals surface area (Å²) < 4.78 is 0. The van der Waals surface area contributed by atoms with Crippen molar-refractivity contribution < 1.29 is 4.79 Å². The summed E-state index contributed by atoms with van der Waals surface area (Å²) in [5.74, 6) is 0.0337. The van der Waals surface area contributed by atoms with Crippen LogP contribution in [0.3, 0.4) is 0 Å². The summed E-state index contributed by atoms with van der Waals surface area (Å²) in [7, 11) is 0. The Bertz CT molecular complexity index is 822. The summed E-state index contributed by atoms with van der Waals surface area (Å²) in [6, 6.07) is 26.0. The minimum absolute atomic E-state index is 0.0337. The van der Waals surface area contributed by atoms with E-state index in [-0.39, 0.29) is 5.91 Å². The van der Waals surface area contributed by atoms with Gasteiger partial charge < -0.3 is 4.90 Å². The molecular weight excluding hydrogens is 294 g/mol. The molecule has 0 aliphatic heterocycles. The van der Waals surface area contributed by atoms with Crippen molar-refractivity contribution in [2.75, 3.05) is 11.4 Å². The van der Waals surface area contributed by atoms with Crippen LogP contribution in [0.5, 0.6) is 0 Å². The molecule has 2 nitrogen and oxygen atoms in total. The molecule has 0 N–H and O–H groups in total. The molecule has 0 spiro atoms. The average Bonchev–Trinajstić information content (AvgIpc) is 2.64. The Labute approximate surface area is 143 Å². The number of amides is 1. The fraction of sp³-hybridized carbons (Fsp3) is 0.136. The molecule has 0 aromatic heterocycles. The first-order valence-electron chi connectivity index (χ1n) is 8.23. The van der Waals surface area contributed by atoms with E-state index in [0.717, 1.165) is 22.4 Å². The zero-order chi connectivity index (χ0) is 16.9. The van der Waals surface area contributed by atoms with E-state index in [9.17, 15) is 4.79 Å². The van der Waals surface area contributed by atoms with Gasteiger partial charge in [0.25, 0.3) is 5.91 Å². The Morgan fingerprint density at radius 3 is 2.00 bits per heavy atom. The van der Waals surface area contributed by atoms with E-state index in [2.05, 4.69) is 12.1 Å². The summed E-state index contributed by atoms with van der Waals surface area (Å²) in [6.45, 7) is 4.68. The van der Waals surface area contributed by atoms with E-state index in [0.29, 0.717) is 12.1 Å². The summed E-state index contributed by atoms with van der Waals surface area (Å²) in [5, 5.41) is 0. The molecule has 3 aromatic rings. The van der Waals surface area contributed by atoms with Crippen molar-refractivity contribution in [1.29, 1.82) is 0 Å². The molecule has 0 bridgehead atoms. The van der Waals surface area contributed by atoms with E-state index in [1.807, 2.05) is 85.5 Å². The normalized spacial score (nSPS) is 10.4. The lowest BCUT2D eigenvalue weighted by molar-refractivity contribution is 0.0988. The Hall–Kier alpha value is -2.87. The zero-order valence-corrected chi connectivity index (χ0v) is 14.1. The smallest absolute Gasteiger partial charge is 0.258 e. The van der Waals surface area contributed by atoms with Gasteiger partial charge in [0.15, 0.2) is 0 Å². The van der Waals surface area contributed by atoms with Crippen LogP contribution >= 0.6 is 0 Å². The van der Waals surface area contributed by atoms with Gasteiger partial charge >= 0.3 is 0 Å². The Morgan fingerprint density at radius 1 is 0.792 bits per heavy atom. The lowest BCUT2D eigenvalue weighted by Crippen LogP contribution is -2.31. The van der Waals surface area contributed by atoms with Gasteiger partial charge in [-0.1, -0.05) is 60.7 Å². The van der Waals surface area contributed by atoms with Crippen molar-refractivity contribution in [2.24, 2.45) is 0 Å². The highest BCUT2D eigenvalue weighted by atomic mass is 16.2. The SMILES string of the molecule is CCN(C(=O)c1ccc(-c2ccccc2)cc1)c1ccccc1C. The molecule has 0 saturated carbocycles. The first-order valence-corrected chi connectivity index (χ1v) is 8.23. The Kier molecular flexibility index (Phi) is 4.76. The van der Waals surface area contributed by atoms with Crippen molar-refractivity contribution in [1.82, 2.24) is 0 Å². The Morgan fingerprint density at radius 2 is 1.38 bits per heavy atom. The van der Waals surface area contributed by atoms with Crippen LogP contribution < -0.4 is 4.90 Å². The largest absolute Gasteiger partial charge is 0.308 e. The van der Waals surface area contributed by atoms with Crippen LogP contribution in [0.15, 0.2) is 78.9 Å². The first kappa shape index (κ1) is 16.0. The molecule has 0 radical (unpaired) electrons. The van der Waals surface area contributed by atoms with Gasteiger partial charge in [-0.3, -0.25) is 4.79 Å². The maximum Gasteiger partial charge on any atom is 0.258 e. The van der Waals surface area contributed by atoms with Crippen LogP contribution in [-0.2, 0) is 0 Å². The van der Waals surface area contributed by atoms with Gasteiger partial charge in [-0.15, -0.1) is 0 Å². The van der Waals surface area contributed by atoms with Crippen LogP contribution in [0.1, 0.15) is 22.8 Å². The molecule has 0 heterocycles. The van der Waals surface area contributed by atoms with Crippen molar-refractivity contribution in [3.05, 3.63) is 90.0 Å². The fourth-order valence-electron chi connectivity index (χ4n) is 2.88. The molecule has 24 heavy (non-hydrogen) atoms. The molecule has 0 aliphatic rings. The van der Waals surface area contributed by atoms with Crippen LogP contribution in [-0.4, -0.2) is 12.5 Å². The molecule has 120 valence electrons. The lowest BCUT2D eigenvalue weighted by atomic mass is 10.0. The highest BCUT2D eigenvalue weighted by molar-refractivity contribution is 6.06. The van der Waals surface area contributed by atoms with Crippen LogP contribution in [0.25, 0.3) is 11.1 Å². The van der Waals surface area contributed by atoms with Gasteiger partial charge in [-0.2, -0.15) is 0 Å². The molecular formula is C22H21NO. The fourth-order valence-corrected chi connectivity index (χ4v) is 2.88. The van der Waals surface area contributed by atoms with E-state index in [1.54, 1.807) is 0 Å². The second-order valence-electron chi connectivity index (χ2n) is 5.78. The lowest BCUT2D eigenvalue weighted by Gasteiger charge is -2.23. The molecule has 3 aromatic carbocycles. The third kappa shape index (κ3) is 3.23. The van der Waals surface area contributed by atoms with Gasteiger partial charge in [0, 0.05) is 17.8 Å². The summed E-state index contributed by atoms with van der Waals surface area (Å²) in [5.41, 5.74) is 5.05. The van der Waals surface area contributed by atoms with E-state index >= 15 is 0 Å². The number of hydrogen-bond donors (Lipinski definition) is 0. The summed E-state index contributed by atoms with van der Waals surface area (Å²) in [4.78, 5) is 14.7. The number of carbonyl (C=O) groups is 1.